The van der Waals surface area contributed by atoms with Gasteiger partial charge in [0.25, 0.3) is 0 Å². The van der Waals surface area contributed by atoms with E-state index in [0.29, 0.717) is 0 Å². The van der Waals surface area contributed by atoms with Gasteiger partial charge in [-0.05, 0) is 13.0 Å². The van der Waals surface area contributed by atoms with Crippen LogP contribution in [-0.4, -0.2) is 23.1 Å². The zero-order valence-electron chi connectivity index (χ0n) is 9.05. The molecule has 0 spiro atoms. The summed E-state index contributed by atoms with van der Waals surface area (Å²) >= 11 is 1.83. The number of nitrogens with zero attached hydrogens (tertiary/aromatic N) is 1. The minimum Gasteiger partial charge on any atom is -0.301 e. The van der Waals surface area contributed by atoms with E-state index in [1.54, 1.807) is 0 Å². The Bertz CT molecular complexity index is 167. The van der Waals surface area contributed by atoms with Crippen LogP contribution in [-0.2, 0) is 0 Å². The van der Waals surface area contributed by atoms with Crippen LogP contribution < -0.4 is 5.32 Å². The summed E-state index contributed by atoms with van der Waals surface area (Å²) in [6.45, 7) is 9.56. The Morgan fingerprint density at radius 1 is 1.46 bits per heavy atom. The second kappa shape index (κ2) is 6.28. The maximum atomic E-state index is 8.82. The van der Waals surface area contributed by atoms with Gasteiger partial charge < -0.3 is 5.32 Å². The van der Waals surface area contributed by atoms with E-state index >= 15 is 0 Å². The molecule has 0 heterocycles. The van der Waals surface area contributed by atoms with Crippen LogP contribution in [0.2, 0.25) is 0 Å². The highest BCUT2D eigenvalue weighted by Gasteiger charge is 2.14. The normalized spacial score (nSPS) is 13.8. The van der Waals surface area contributed by atoms with Gasteiger partial charge in [0, 0.05) is 10.5 Å². The van der Waals surface area contributed by atoms with E-state index in [4.69, 9.17) is 5.26 Å². The zero-order valence-corrected chi connectivity index (χ0v) is 9.87. The van der Waals surface area contributed by atoms with Crippen LogP contribution in [0.4, 0.5) is 0 Å². The fourth-order valence-corrected chi connectivity index (χ4v) is 1.65. The number of thioether (sulfide) groups is 1. The standard InChI is InChI=1S/C10H20N2S/c1-5-6-12-9(7-11)8-13-10(2,3)4/h9,12H,5-6,8H2,1-4H3. The van der Waals surface area contributed by atoms with Gasteiger partial charge in [-0.25, -0.2) is 0 Å². The lowest BCUT2D eigenvalue weighted by atomic mass is 10.3. The number of hydrogen-bond donors (Lipinski definition) is 1. The van der Waals surface area contributed by atoms with Crippen molar-refractivity contribution in [3.63, 3.8) is 0 Å². The van der Waals surface area contributed by atoms with Gasteiger partial charge >= 0.3 is 0 Å². The molecule has 2 nitrogen and oxygen atoms in total. The molecule has 1 N–H and O–H groups in total. The van der Waals surface area contributed by atoms with E-state index in [1.807, 2.05) is 11.8 Å². The monoisotopic (exact) mass is 200 g/mol. The summed E-state index contributed by atoms with van der Waals surface area (Å²) in [6.07, 6.45) is 1.08. The molecular weight excluding hydrogens is 180 g/mol. The number of nitrogens with one attached hydrogen (secondary N) is 1. The van der Waals surface area contributed by atoms with E-state index in [2.05, 4.69) is 39.1 Å². The van der Waals surface area contributed by atoms with Gasteiger partial charge in [0.15, 0.2) is 0 Å². The lowest BCUT2D eigenvalue weighted by Gasteiger charge is -2.19. The summed E-state index contributed by atoms with van der Waals surface area (Å²) in [6, 6.07) is 2.28. The maximum Gasteiger partial charge on any atom is 0.104 e. The summed E-state index contributed by atoms with van der Waals surface area (Å²) in [5.41, 5.74) is 0. The first-order valence-corrected chi connectivity index (χ1v) is 5.75. The molecule has 0 fully saturated rings. The predicted molar refractivity (Wildman–Crippen MR) is 59.9 cm³/mol. The molecule has 1 unspecified atom stereocenters. The van der Waals surface area contributed by atoms with Crippen molar-refractivity contribution in [2.45, 2.75) is 44.9 Å². The predicted octanol–water partition coefficient (Wildman–Crippen LogP) is 2.41. The quantitative estimate of drug-likeness (QED) is 0.740. The highest BCUT2D eigenvalue weighted by atomic mass is 32.2. The van der Waals surface area contributed by atoms with Gasteiger partial charge in [-0.15, -0.1) is 0 Å². The van der Waals surface area contributed by atoms with Gasteiger partial charge in [-0.3, -0.25) is 0 Å². The number of rotatable bonds is 5. The van der Waals surface area contributed by atoms with E-state index in [-0.39, 0.29) is 10.8 Å². The van der Waals surface area contributed by atoms with Gasteiger partial charge in [-0.1, -0.05) is 27.7 Å². The van der Waals surface area contributed by atoms with Crippen molar-refractivity contribution >= 4 is 11.8 Å². The summed E-state index contributed by atoms with van der Waals surface area (Å²) < 4.78 is 0.253. The van der Waals surface area contributed by atoms with E-state index in [1.165, 1.54) is 0 Å². The Morgan fingerprint density at radius 2 is 2.08 bits per heavy atom. The van der Waals surface area contributed by atoms with Crippen molar-refractivity contribution in [1.82, 2.24) is 5.32 Å². The Labute approximate surface area is 86.1 Å². The Kier molecular flexibility index (Phi) is 6.19. The lowest BCUT2D eigenvalue weighted by Crippen LogP contribution is -2.31. The Hall–Kier alpha value is -0.200. The molecular formula is C10H20N2S. The van der Waals surface area contributed by atoms with Crippen molar-refractivity contribution in [3.8, 4) is 6.07 Å². The molecule has 0 saturated heterocycles. The van der Waals surface area contributed by atoms with Crippen molar-refractivity contribution < 1.29 is 0 Å². The fraction of sp³-hybridized carbons (Fsp3) is 0.900. The van der Waals surface area contributed by atoms with Crippen LogP contribution in [0, 0.1) is 11.3 Å². The first-order chi connectivity index (χ1) is 5.99. The largest absolute Gasteiger partial charge is 0.301 e. The first-order valence-electron chi connectivity index (χ1n) is 4.76. The molecule has 76 valence electrons. The molecule has 0 aliphatic rings. The van der Waals surface area contributed by atoms with Gasteiger partial charge in [0.2, 0.25) is 0 Å². The Balaban J connectivity index is 3.68. The van der Waals surface area contributed by atoms with E-state index in [0.717, 1.165) is 18.7 Å². The second-order valence-corrected chi connectivity index (χ2v) is 5.91. The van der Waals surface area contributed by atoms with Crippen LogP contribution >= 0.6 is 11.8 Å². The van der Waals surface area contributed by atoms with Crippen LogP contribution in [0.25, 0.3) is 0 Å². The van der Waals surface area contributed by atoms with Gasteiger partial charge in [-0.2, -0.15) is 17.0 Å². The molecule has 0 radical (unpaired) electrons. The van der Waals surface area contributed by atoms with Crippen LogP contribution in [0.3, 0.4) is 0 Å². The van der Waals surface area contributed by atoms with Crippen molar-refractivity contribution in [2.24, 2.45) is 0 Å². The minimum atomic E-state index is 0.00387. The molecule has 1 atom stereocenters. The topological polar surface area (TPSA) is 35.8 Å². The summed E-state index contributed by atoms with van der Waals surface area (Å²) in [4.78, 5) is 0. The van der Waals surface area contributed by atoms with Crippen LogP contribution in [0.15, 0.2) is 0 Å². The van der Waals surface area contributed by atoms with Crippen molar-refractivity contribution in [2.75, 3.05) is 12.3 Å². The fourth-order valence-electron chi connectivity index (χ4n) is 0.794. The molecule has 0 aliphatic carbocycles. The van der Waals surface area contributed by atoms with E-state index in [9.17, 15) is 0 Å². The highest BCUT2D eigenvalue weighted by molar-refractivity contribution is 8.00. The maximum absolute atomic E-state index is 8.82. The summed E-state index contributed by atoms with van der Waals surface area (Å²) in [5, 5.41) is 12.0. The number of nitriles is 1. The van der Waals surface area contributed by atoms with Gasteiger partial charge in [0.1, 0.15) is 6.04 Å². The first kappa shape index (κ1) is 12.8. The summed E-state index contributed by atoms with van der Waals surface area (Å²) in [5.74, 6) is 0.875. The third-order valence-corrected chi connectivity index (χ3v) is 2.85. The molecule has 0 aromatic rings. The van der Waals surface area contributed by atoms with Crippen LogP contribution in [0.1, 0.15) is 34.1 Å². The molecule has 13 heavy (non-hydrogen) atoms. The third-order valence-electron chi connectivity index (χ3n) is 1.48. The molecule has 3 heteroatoms. The van der Waals surface area contributed by atoms with Crippen LogP contribution in [0.5, 0.6) is 0 Å². The average molecular weight is 200 g/mol. The second-order valence-electron chi connectivity index (χ2n) is 4.06. The number of hydrogen-bond acceptors (Lipinski definition) is 3. The van der Waals surface area contributed by atoms with Crippen molar-refractivity contribution in [1.29, 1.82) is 5.26 Å². The molecule has 0 aromatic carbocycles. The summed E-state index contributed by atoms with van der Waals surface area (Å²) in [7, 11) is 0. The smallest absolute Gasteiger partial charge is 0.104 e. The Morgan fingerprint density at radius 3 is 2.46 bits per heavy atom. The molecule has 0 rings (SSSR count). The molecule has 0 bridgehead atoms. The minimum absolute atomic E-state index is 0.00387. The van der Waals surface area contributed by atoms with E-state index < -0.39 is 0 Å². The molecule has 0 aliphatic heterocycles. The average Bonchev–Trinajstić information content (AvgIpc) is 2.03. The lowest BCUT2D eigenvalue weighted by molar-refractivity contribution is 0.635. The molecule has 0 aromatic heterocycles. The molecule has 0 saturated carbocycles. The van der Waals surface area contributed by atoms with Crippen molar-refractivity contribution in [3.05, 3.63) is 0 Å². The SMILES string of the molecule is CCCNC(C#N)CSC(C)(C)C. The molecule has 0 amide bonds. The van der Waals surface area contributed by atoms with Gasteiger partial charge in [0.05, 0.1) is 6.07 Å². The highest BCUT2D eigenvalue weighted by Crippen LogP contribution is 2.23. The zero-order chi connectivity index (χ0) is 10.3. The third kappa shape index (κ3) is 8.14.